The lowest BCUT2D eigenvalue weighted by Crippen LogP contribution is -2.48. The fourth-order valence-electron chi connectivity index (χ4n) is 3.98. The number of carbonyl (C=O) groups excluding carboxylic acids is 1. The van der Waals surface area contributed by atoms with Crippen molar-refractivity contribution in [3.63, 3.8) is 0 Å². The van der Waals surface area contributed by atoms with Crippen molar-refractivity contribution >= 4 is 5.91 Å². The number of carbonyl (C=O) groups is 1. The van der Waals surface area contributed by atoms with Gasteiger partial charge in [-0.05, 0) is 50.9 Å². The molecule has 0 saturated carbocycles. The molecule has 0 unspecified atom stereocenters. The van der Waals surface area contributed by atoms with Crippen molar-refractivity contribution in [2.45, 2.75) is 50.9 Å². The van der Waals surface area contributed by atoms with Crippen LogP contribution in [0.4, 0.5) is 13.2 Å². The molecule has 3 heterocycles. The maximum atomic E-state index is 12.8. The minimum atomic E-state index is -4.48. The summed E-state index contributed by atoms with van der Waals surface area (Å²) in [6, 6.07) is 2.64. The van der Waals surface area contributed by atoms with E-state index in [9.17, 15) is 18.0 Å². The Bertz CT molecular complexity index is 588. The van der Waals surface area contributed by atoms with Gasteiger partial charge in [0.1, 0.15) is 5.69 Å². The summed E-state index contributed by atoms with van der Waals surface area (Å²) in [5, 5.41) is 0. The maximum absolute atomic E-state index is 12.8. The molecule has 2 aliphatic heterocycles. The van der Waals surface area contributed by atoms with Crippen molar-refractivity contribution < 1.29 is 18.0 Å². The molecule has 0 aliphatic carbocycles. The minimum absolute atomic E-state index is 0.155. The normalized spacial score (nSPS) is 25.4. The van der Waals surface area contributed by atoms with Crippen molar-refractivity contribution in [1.82, 2.24) is 14.8 Å². The second-order valence-corrected chi connectivity index (χ2v) is 6.48. The van der Waals surface area contributed by atoms with Crippen LogP contribution < -0.4 is 0 Å². The zero-order valence-corrected chi connectivity index (χ0v) is 13.7. The highest BCUT2D eigenvalue weighted by molar-refractivity contribution is 5.94. The Kier molecular flexibility index (Phi) is 4.80. The molecular formula is C17H22F3N3O. The first kappa shape index (κ1) is 17.2. The highest BCUT2D eigenvalue weighted by Crippen LogP contribution is 2.31. The summed E-state index contributed by atoms with van der Waals surface area (Å²) in [7, 11) is 0. The Balaban J connectivity index is 1.76. The minimum Gasteiger partial charge on any atom is -0.334 e. The van der Waals surface area contributed by atoms with Crippen LogP contribution in [0.15, 0.2) is 18.3 Å². The molecule has 7 heteroatoms. The average Bonchev–Trinajstić information content (AvgIpc) is 3.21. The summed E-state index contributed by atoms with van der Waals surface area (Å²) in [6.07, 6.45) is 0.682. The van der Waals surface area contributed by atoms with E-state index >= 15 is 0 Å². The zero-order chi connectivity index (χ0) is 17.3. The van der Waals surface area contributed by atoms with Gasteiger partial charge >= 0.3 is 6.18 Å². The van der Waals surface area contributed by atoms with Crippen LogP contribution in [0.5, 0.6) is 0 Å². The zero-order valence-electron chi connectivity index (χ0n) is 13.7. The summed E-state index contributed by atoms with van der Waals surface area (Å²) in [4.78, 5) is 20.4. The molecule has 4 nitrogen and oxygen atoms in total. The van der Waals surface area contributed by atoms with Gasteiger partial charge in [-0.25, -0.2) is 0 Å². The van der Waals surface area contributed by atoms with Crippen molar-refractivity contribution in [3.8, 4) is 0 Å². The van der Waals surface area contributed by atoms with Crippen LogP contribution in [0.1, 0.15) is 48.7 Å². The number of rotatable bonds is 3. The van der Waals surface area contributed by atoms with E-state index in [4.69, 9.17) is 0 Å². The standard InChI is InChI=1S/C17H22F3N3O/c1-2-22-9-3-5-13(22)14-6-4-10-23(14)16(24)12-7-8-15(21-11-12)17(18,19)20/h7-8,11,13-14H,2-6,9-10H2,1H3/t13-,14-/m1/s1. The number of likely N-dealkylation sites (N-methyl/N-ethyl adjacent to an activating group) is 1. The van der Waals surface area contributed by atoms with Crippen LogP contribution in [0.3, 0.4) is 0 Å². The largest absolute Gasteiger partial charge is 0.433 e. The van der Waals surface area contributed by atoms with E-state index < -0.39 is 11.9 Å². The van der Waals surface area contributed by atoms with Crippen molar-refractivity contribution in [2.75, 3.05) is 19.6 Å². The average molecular weight is 341 g/mol. The molecule has 2 atom stereocenters. The van der Waals surface area contributed by atoms with Crippen LogP contribution in [0.2, 0.25) is 0 Å². The number of halogens is 3. The molecule has 0 spiro atoms. The molecule has 2 saturated heterocycles. The SMILES string of the molecule is CCN1CCC[C@@H]1[C@H]1CCCN1C(=O)c1ccc(C(F)(F)F)nc1. The van der Waals surface area contributed by atoms with Crippen LogP contribution in [-0.2, 0) is 6.18 Å². The van der Waals surface area contributed by atoms with Gasteiger partial charge in [0, 0.05) is 24.8 Å². The third-order valence-electron chi connectivity index (χ3n) is 5.13. The summed E-state index contributed by atoms with van der Waals surface area (Å²) in [6.45, 7) is 4.81. The maximum Gasteiger partial charge on any atom is 0.433 e. The van der Waals surface area contributed by atoms with Gasteiger partial charge in [0.25, 0.3) is 5.91 Å². The lowest BCUT2D eigenvalue weighted by Gasteiger charge is -2.34. The number of amides is 1. The lowest BCUT2D eigenvalue weighted by atomic mass is 10.0. The molecule has 24 heavy (non-hydrogen) atoms. The number of likely N-dealkylation sites (tertiary alicyclic amines) is 2. The third kappa shape index (κ3) is 3.27. The number of pyridine rings is 1. The monoisotopic (exact) mass is 341 g/mol. The van der Waals surface area contributed by atoms with E-state index in [1.54, 1.807) is 0 Å². The van der Waals surface area contributed by atoms with Crippen molar-refractivity contribution in [1.29, 1.82) is 0 Å². The Hall–Kier alpha value is -1.63. The van der Waals surface area contributed by atoms with Gasteiger partial charge in [0.05, 0.1) is 5.56 Å². The Morgan fingerprint density at radius 2 is 1.92 bits per heavy atom. The molecule has 1 amide bonds. The van der Waals surface area contributed by atoms with E-state index in [0.717, 1.165) is 51.0 Å². The summed E-state index contributed by atoms with van der Waals surface area (Å²) >= 11 is 0. The van der Waals surface area contributed by atoms with E-state index in [2.05, 4.69) is 16.8 Å². The van der Waals surface area contributed by atoms with Crippen LogP contribution >= 0.6 is 0 Å². The molecule has 132 valence electrons. The Morgan fingerprint density at radius 3 is 2.54 bits per heavy atom. The summed E-state index contributed by atoms with van der Waals surface area (Å²) in [5.74, 6) is -0.207. The molecule has 2 fully saturated rings. The number of alkyl halides is 3. The van der Waals surface area contributed by atoms with E-state index in [0.29, 0.717) is 12.6 Å². The van der Waals surface area contributed by atoms with Crippen molar-refractivity contribution in [2.24, 2.45) is 0 Å². The van der Waals surface area contributed by atoms with Gasteiger partial charge in [-0.15, -0.1) is 0 Å². The quantitative estimate of drug-likeness (QED) is 0.847. The predicted molar refractivity (Wildman–Crippen MR) is 83.6 cm³/mol. The summed E-state index contributed by atoms with van der Waals surface area (Å²) in [5.41, 5.74) is -0.735. The van der Waals surface area contributed by atoms with Gasteiger partial charge in [-0.3, -0.25) is 14.7 Å². The second-order valence-electron chi connectivity index (χ2n) is 6.48. The molecule has 1 aromatic rings. The molecule has 3 rings (SSSR count). The molecule has 0 radical (unpaired) electrons. The lowest BCUT2D eigenvalue weighted by molar-refractivity contribution is -0.141. The number of hydrogen-bond donors (Lipinski definition) is 0. The molecule has 1 aromatic heterocycles. The van der Waals surface area contributed by atoms with Crippen LogP contribution in [0, 0.1) is 0 Å². The first-order chi connectivity index (χ1) is 11.4. The van der Waals surface area contributed by atoms with Gasteiger partial charge in [0.15, 0.2) is 0 Å². The molecule has 0 bridgehead atoms. The number of hydrogen-bond acceptors (Lipinski definition) is 3. The molecule has 0 aromatic carbocycles. The Morgan fingerprint density at radius 1 is 1.21 bits per heavy atom. The highest BCUT2D eigenvalue weighted by atomic mass is 19.4. The van der Waals surface area contributed by atoms with Gasteiger partial charge < -0.3 is 4.90 Å². The fraction of sp³-hybridized carbons (Fsp3) is 0.647. The first-order valence-electron chi connectivity index (χ1n) is 8.50. The third-order valence-corrected chi connectivity index (χ3v) is 5.13. The van der Waals surface area contributed by atoms with Crippen molar-refractivity contribution in [3.05, 3.63) is 29.6 Å². The number of aromatic nitrogens is 1. The van der Waals surface area contributed by atoms with E-state index in [1.165, 1.54) is 6.07 Å². The molecule has 2 aliphatic rings. The molecular weight excluding hydrogens is 319 g/mol. The number of nitrogens with zero attached hydrogens (tertiary/aromatic N) is 3. The highest BCUT2D eigenvalue weighted by Gasteiger charge is 2.39. The van der Waals surface area contributed by atoms with E-state index in [-0.39, 0.29) is 17.5 Å². The topological polar surface area (TPSA) is 36.4 Å². The van der Waals surface area contributed by atoms with E-state index in [1.807, 2.05) is 4.90 Å². The fourth-order valence-corrected chi connectivity index (χ4v) is 3.98. The second kappa shape index (κ2) is 6.70. The summed E-state index contributed by atoms with van der Waals surface area (Å²) < 4.78 is 37.8. The van der Waals surface area contributed by atoms with Crippen LogP contribution in [-0.4, -0.2) is 52.4 Å². The van der Waals surface area contributed by atoms with Crippen LogP contribution in [0.25, 0.3) is 0 Å². The van der Waals surface area contributed by atoms with Gasteiger partial charge in [-0.1, -0.05) is 6.92 Å². The Labute approximate surface area is 139 Å². The van der Waals surface area contributed by atoms with Gasteiger partial charge in [-0.2, -0.15) is 13.2 Å². The van der Waals surface area contributed by atoms with Gasteiger partial charge in [0.2, 0.25) is 0 Å². The predicted octanol–water partition coefficient (Wildman–Crippen LogP) is 3.19. The smallest absolute Gasteiger partial charge is 0.334 e. The first-order valence-corrected chi connectivity index (χ1v) is 8.50. The molecule has 0 N–H and O–H groups in total.